The molecule has 0 fully saturated rings. The summed E-state index contributed by atoms with van der Waals surface area (Å²) < 4.78 is 0. The van der Waals surface area contributed by atoms with Crippen LogP contribution in [0.1, 0.15) is 40.0 Å². The molecule has 2 rings (SSSR count). The van der Waals surface area contributed by atoms with E-state index in [4.69, 9.17) is 0 Å². The molecule has 1 atom stereocenters. The lowest BCUT2D eigenvalue weighted by Crippen LogP contribution is -2.31. The van der Waals surface area contributed by atoms with Crippen LogP contribution in [-0.2, 0) is 0 Å². The molecule has 4 nitrogen and oxygen atoms in total. The molecular formula is C16H18N2O2. The molecule has 0 bridgehead atoms. The summed E-state index contributed by atoms with van der Waals surface area (Å²) in [7, 11) is 0. The molecule has 2 N–H and O–H groups in total. The van der Waals surface area contributed by atoms with Crippen molar-refractivity contribution >= 4 is 5.91 Å². The van der Waals surface area contributed by atoms with Crippen molar-refractivity contribution in [3.8, 4) is 0 Å². The standard InChI is InChI=1S/C16H18N2O2/c1-10-4-5-13(11(2)8-10)12(3)18-16(20)14-9-17-7-6-15(14)19/h4-9,12H,1-3H3,(H,17,19)(H,18,20). The monoisotopic (exact) mass is 270 g/mol. The van der Waals surface area contributed by atoms with Gasteiger partial charge in [0, 0.05) is 18.5 Å². The predicted molar refractivity (Wildman–Crippen MR) is 78.9 cm³/mol. The van der Waals surface area contributed by atoms with Crippen molar-refractivity contribution in [1.29, 1.82) is 0 Å². The minimum absolute atomic E-state index is 0.129. The fraction of sp³-hybridized carbons (Fsp3) is 0.250. The van der Waals surface area contributed by atoms with Gasteiger partial charge in [-0.25, -0.2) is 0 Å². The molecule has 4 heteroatoms. The average molecular weight is 270 g/mol. The maximum Gasteiger partial charge on any atom is 0.257 e. The minimum atomic E-state index is -0.362. The van der Waals surface area contributed by atoms with Gasteiger partial charge in [0.05, 0.1) is 6.04 Å². The first-order chi connectivity index (χ1) is 9.49. The van der Waals surface area contributed by atoms with Crippen LogP contribution in [0.5, 0.6) is 0 Å². The summed E-state index contributed by atoms with van der Waals surface area (Å²) in [4.78, 5) is 26.5. The molecular weight excluding hydrogens is 252 g/mol. The fourth-order valence-corrected chi connectivity index (χ4v) is 2.26. The number of carbonyl (C=O) groups excluding carboxylic acids is 1. The SMILES string of the molecule is Cc1ccc(C(C)NC(=O)c2c[nH]ccc2=O)c(C)c1. The van der Waals surface area contributed by atoms with Crippen molar-refractivity contribution in [2.75, 3.05) is 0 Å². The lowest BCUT2D eigenvalue weighted by atomic mass is 10.00. The molecule has 0 aliphatic heterocycles. The quantitative estimate of drug-likeness (QED) is 0.900. The third-order valence-electron chi connectivity index (χ3n) is 3.31. The lowest BCUT2D eigenvalue weighted by Gasteiger charge is -2.17. The third kappa shape index (κ3) is 2.96. The molecule has 1 amide bonds. The first-order valence-electron chi connectivity index (χ1n) is 6.54. The van der Waals surface area contributed by atoms with E-state index < -0.39 is 0 Å². The summed E-state index contributed by atoms with van der Waals surface area (Å²) in [5.74, 6) is -0.362. The summed E-state index contributed by atoms with van der Waals surface area (Å²) in [6, 6.07) is 7.29. The van der Waals surface area contributed by atoms with Gasteiger partial charge < -0.3 is 10.3 Å². The molecule has 1 heterocycles. The van der Waals surface area contributed by atoms with E-state index in [1.807, 2.05) is 32.9 Å². The summed E-state index contributed by atoms with van der Waals surface area (Å²) in [6.45, 7) is 5.95. The van der Waals surface area contributed by atoms with E-state index in [1.165, 1.54) is 24.0 Å². The Morgan fingerprint density at radius 3 is 2.65 bits per heavy atom. The third-order valence-corrected chi connectivity index (χ3v) is 3.31. The smallest absolute Gasteiger partial charge is 0.257 e. The molecule has 2 aromatic rings. The van der Waals surface area contributed by atoms with E-state index in [9.17, 15) is 9.59 Å². The van der Waals surface area contributed by atoms with Crippen molar-refractivity contribution in [2.45, 2.75) is 26.8 Å². The van der Waals surface area contributed by atoms with E-state index in [0.717, 1.165) is 11.1 Å². The van der Waals surface area contributed by atoms with Gasteiger partial charge >= 0.3 is 0 Å². The van der Waals surface area contributed by atoms with Crippen molar-refractivity contribution in [3.05, 3.63) is 69.1 Å². The van der Waals surface area contributed by atoms with Crippen LogP contribution < -0.4 is 10.7 Å². The molecule has 0 aliphatic rings. The maximum atomic E-state index is 12.1. The van der Waals surface area contributed by atoms with Crippen LogP contribution in [0.15, 0.2) is 41.5 Å². The first-order valence-corrected chi connectivity index (χ1v) is 6.54. The second kappa shape index (κ2) is 5.74. The van der Waals surface area contributed by atoms with E-state index in [0.29, 0.717) is 0 Å². The Hall–Kier alpha value is -2.36. The Labute approximate surface area is 117 Å². The maximum absolute atomic E-state index is 12.1. The topological polar surface area (TPSA) is 62.0 Å². The molecule has 0 spiro atoms. The molecule has 104 valence electrons. The van der Waals surface area contributed by atoms with Gasteiger partial charge in [-0.15, -0.1) is 0 Å². The number of hydrogen-bond donors (Lipinski definition) is 2. The number of nitrogens with one attached hydrogen (secondary N) is 2. The number of aromatic amines is 1. The normalized spacial score (nSPS) is 11.9. The van der Waals surface area contributed by atoms with Gasteiger partial charge in [0.2, 0.25) is 0 Å². The molecule has 1 aromatic carbocycles. The van der Waals surface area contributed by atoms with Crippen LogP contribution >= 0.6 is 0 Å². The van der Waals surface area contributed by atoms with Crippen molar-refractivity contribution in [1.82, 2.24) is 10.3 Å². The number of rotatable bonds is 3. The van der Waals surface area contributed by atoms with Crippen LogP contribution in [0.4, 0.5) is 0 Å². The second-order valence-corrected chi connectivity index (χ2v) is 4.98. The molecule has 0 saturated heterocycles. The first kappa shape index (κ1) is 14.1. The Kier molecular flexibility index (Phi) is 4.03. The fourth-order valence-electron chi connectivity index (χ4n) is 2.26. The van der Waals surface area contributed by atoms with Crippen molar-refractivity contribution < 1.29 is 4.79 Å². The van der Waals surface area contributed by atoms with Crippen LogP contribution in [0, 0.1) is 13.8 Å². The summed E-state index contributed by atoms with van der Waals surface area (Å²) in [5.41, 5.74) is 3.21. The van der Waals surface area contributed by atoms with Crippen molar-refractivity contribution in [2.24, 2.45) is 0 Å². The summed E-state index contributed by atoms with van der Waals surface area (Å²) in [6.07, 6.45) is 2.93. The number of benzene rings is 1. The highest BCUT2D eigenvalue weighted by atomic mass is 16.2. The largest absolute Gasteiger partial charge is 0.367 e. The highest BCUT2D eigenvalue weighted by molar-refractivity contribution is 5.94. The van der Waals surface area contributed by atoms with Crippen LogP contribution in [-0.4, -0.2) is 10.9 Å². The van der Waals surface area contributed by atoms with Gasteiger partial charge in [0.15, 0.2) is 5.43 Å². The van der Waals surface area contributed by atoms with Crippen molar-refractivity contribution in [3.63, 3.8) is 0 Å². The second-order valence-electron chi connectivity index (χ2n) is 4.98. The lowest BCUT2D eigenvalue weighted by molar-refractivity contribution is 0.0938. The van der Waals surface area contributed by atoms with Crippen LogP contribution in [0.3, 0.4) is 0 Å². The predicted octanol–water partition coefficient (Wildman–Crippen LogP) is 2.48. The summed E-state index contributed by atoms with van der Waals surface area (Å²) >= 11 is 0. The molecule has 1 aromatic heterocycles. The molecule has 0 aliphatic carbocycles. The Bertz CT molecular complexity index is 689. The number of carbonyl (C=O) groups is 1. The van der Waals surface area contributed by atoms with Gasteiger partial charge in [-0.05, 0) is 31.9 Å². The zero-order valence-corrected chi connectivity index (χ0v) is 11.9. The number of aryl methyl sites for hydroxylation is 2. The van der Waals surface area contributed by atoms with Gasteiger partial charge in [-0.3, -0.25) is 9.59 Å². The number of amides is 1. The zero-order chi connectivity index (χ0) is 14.7. The van der Waals surface area contributed by atoms with Gasteiger partial charge in [-0.1, -0.05) is 23.8 Å². The average Bonchev–Trinajstić information content (AvgIpc) is 2.38. The Morgan fingerprint density at radius 1 is 1.25 bits per heavy atom. The van der Waals surface area contributed by atoms with Gasteiger partial charge in [0.25, 0.3) is 5.91 Å². The molecule has 20 heavy (non-hydrogen) atoms. The van der Waals surface area contributed by atoms with Gasteiger partial charge in [0.1, 0.15) is 5.56 Å². The van der Waals surface area contributed by atoms with Gasteiger partial charge in [-0.2, -0.15) is 0 Å². The number of pyridine rings is 1. The van der Waals surface area contributed by atoms with E-state index in [-0.39, 0.29) is 22.9 Å². The van der Waals surface area contributed by atoms with Crippen LogP contribution in [0.2, 0.25) is 0 Å². The number of hydrogen-bond acceptors (Lipinski definition) is 2. The molecule has 1 unspecified atom stereocenters. The Morgan fingerprint density at radius 2 is 2.00 bits per heavy atom. The molecule has 0 radical (unpaired) electrons. The van der Waals surface area contributed by atoms with Crippen LogP contribution in [0.25, 0.3) is 0 Å². The molecule has 0 saturated carbocycles. The Balaban J connectivity index is 2.20. The highest BCUT2D eigenvalue weighted by Gasteiger charge is 2.15. The number of H-pyrrole nitrogens is 1. The zero-order valence-electron chi connectivity index (χ0n) is 11.9. The highest BCUT2D eigenvalue weighted by Crippen LogP contribution is 2.18. The summed E-state index contributed by atoms with van der Waals surface area (Å²) in [5, 5.41) is 2.85. The van der Waals surface area contributed by atoms with E-state index >= 15 is 0 Å². The van der Waals surface area contributed by atoms with E-state index in [1.54, 1.807) is 0 Å². The van der Waals surface area contributed by atoms with E-state index in [2.05, 4.69) is 16.4 Å². The minimum Gasteiger partial charge on any atom is -0.367 e. The number of aromatic nitrogens is 1.